The van der Waals surface area contributed by atoms with Crippen LogP contribution < -0.4 is 4.90 Å². The molecular formula is C48H32N2O. The molecule has 3 nitrogen and oxygen atoms in total. The van der Waals surface area contributed by atoms with Gasteiger partial charge < -0.3 is 14.3 Å². The number of anilines is 3. The lowest BCUT2D eigenvalue weighted by Gasteiger charge is -2.26. The third kappa shape index (κ3) is 5.06. The van der Waals surface area contributed by atoms with Crippen LogP contribution >= 0.6 is 0 Å². The summed E-state index contributed by atoms with van der Waals surface area (Å²) in [6.45, 7) is 0. The summed E-state index contributed by atoms with van der Waals surface area (Å²) >= 11 is 0. The van der Waals surface area contributed by atoms with Crippen LogP contribution in [0.4, 0.5) is 17.1 Å². The molecule has 1 N–H and O–H groups in total. The Kier molecular flexibility index (Phi) is 6.81. The van der Waals surface area contributed by atoms with E-state index in [-0.39, 0.29) is 0 Å². The zero-order chi connectivity index (χ0) is 33.7. The number of H-pyrrole nitrogens is 1. The summed E-state index contributed by atoms with van der Waals surface area (Å²) in [6, 6.07) is 66.9. The first-order valence-corrected chi connectivity index (χ1v) is 17.3. The van der Waals surface area contributed by atoms with Crippen LogP contribution in [0.2, 0.25) is 0 Å². The van der Waals surface area contributed by atoms with Crippen molar-refractivity contribution in [3.8, 4) is 33.4 Å². The van der Waals surface area contributed by atoms with E-state index in [1.165, 1.54) is 38.6 Å². The van der Waals surface area contributed by atoms with Crippen molar-refractivity contribution in [3.05, 3.63) is 188 Å². The molecule has 240 valence electrons. The largest absolute Gasteiger partial charge is 0.456 e. The van der Waals surface area contributed by atoms with Crippen LogP contribution in [0.25, 0.3) is 77.1 Å². The van der Waals surface area contributed by atoms with Crippen LogP contribution in [0.5, 0.6) is 0 Å². The third-order valence-corrected chi connectivity index (χ3v) is 10.0. The second-order valence-electron chi connectivity index (χ2n) is 13.1. The van der Waals surface area contributed by atoms with Gasteiger partial charge in [-0.05, 0) is 88.5 Å². The van der Waals surface area contributed by atoms with Gasteiger partial charge in [-0.15, -0.1) is 0 Å². The van der Waals surface area contributed by atoms with Gasteiger partial charge in [-0.25, -0.2) is 0 Å². The number of aromatic amines is 1. The number of nitrogens with one attached hydrogen (secondary N) is 1. The van der Waals surface area contributed by atoms with Crippen LogP contribution in [0, 0.1) is 0 Å². The number of para-hydroxylation sites is 2. The molecule has 0 bridgehead atoms. The SMILES string of the molecule is c1ccc(-c2ccc(N(c3ccc(-c4ccccc4)cc3)c3ccc4[nH]c5c(-c6ccc7oc8ccccc8c7c6)cccc5c4c3)cc2)cc1. The first-order valence-electron chi connectivity index (χ1n) is 17.3. The molecule has 0 atom stereocenters. The fourth-order valence-corrected chi connectivity index (χ4v) is 7.50. The number of furan rings is 1. The maximum Gasteiger partial charge on any atom is 0.135 e. The Morgan fingerprint density at radius 1 is 0.353 bits per heavy atom. The fourth-order valence-electron chi connectivity index (χ4n) is 7.50. The minimum Gasteiger partial charge on any atom is -0.456 e. The van der Waals surface area contributed by atoms with Crippen molar-refractivity contribution in [3.63, 3.8) is 0 Å². The summed E-state index contributed by atoms with van der Waals surface area (Å²) in [5, 5.41) is 4.65. The van der Waals surface area contributed by atoms with Crippen molar-refractivity contribution < 1.29 is 4.42 Å². The lowest BCUT2D eigenvalue weighted by atomic mass is 10.00. The Morgan fingerprint density at radius 2 is 0.902 bits per heavy atom. The topological polar surface area (TPSA) is 32.2 Å². The second kappa shape index (κ2) is 11.9. The summed E-state index contributed by atoms with van der Waals surface area (Å²) in [5.41, 5.74) is 14.5. The minimum absolute atomic E-state index is 0.905. The number of nitrogens with zero attached hydrogens (tertiary/aromatic N) is 1. The average molecular weight is 653 g/mol. The average Bonchev–Trinajstić information content (AvgIpc) is 3.77. The maximum absolute atomic E-state index is 6.13. The molecule has 0 saturated heterocycles. The summed E-state index contributed by atoms with van der Waals surface area (Å²) in [6.07, 6.45) is 0. The van der Waals surface area contributed by atoms with Gasteiger partial charge in [0.05, 0.1) is 5.52 Å². The smallest absolute Gasteiger partial charge is 0.135 e. The van der Waals surface area contributed by atoms with Gasteiger partial charge in [-0.1, -0.05) is 127 Å². The molecule has 51 heavy (non-hydrogen) atoms. The Labute approximate surface area is 295 Å². The van der Waals surface area contributed by atoms with E-state index in [1.54, 1.807) is 0 Å². The number of benzene rings is 8. The van der Waals surface area contributed by atoms with Gasteiger partial charge in [-0.3, -0.25) is 0 Å². The summed E-state index contributed by atoms with van der Waals surface area (Å²) in [5.74, 6) is 0. The van der Waals surface area contributed by atoms with Gasteiger partial charge in [0.1, 0.15) is 11.2 Å². The molecule has 10 rings (SSSR count). The lowest BCUT2D eigenvalue weighted by Crippen LogP contribution is -2.09. The number of hydrogen-bond acceptors (Lipinski definition) is 2. The maximum atomic E-state index is 6.13. The Balaban J connectivity index is 1.10. The molecule has 0 fully saturated rings. The third-order valence-electron chi connectivity index (χ3n) is 10.0. The molecule has 0 amide bonds. The monoisotopic (exact) mass is 652 g/mol. The molecule has 0 radical (unpaired) electrons. The van der Waals surface area contributed by atoms with Crippen molar-refractivity contribution in [2.75, 3.05) is 4.90 Å². The van der Waals surface area contributed by atoms with Crippen LogP contribution in [0.15, 0.2) is 192 Å². The quantitative estimate of drug-likeness (QED) is 0.194. The first-order chi connectivity index (χ1) is 25.3. The van der Waals surface area contributed by atoms with E-state index >= 15 is 0 Å². The predicted octanol–water partition coefficient (Wildman–Crippen LogP) is 13.7. The molecule has 0 aliphatic carbocycles. The van der Waals surface area contributed by atoms with Gasteiger partial charge >= 0.3 is 0 Å². The van der Waals surface area contributed by atoms with Crippen molar-refractivity contribution >= 4 is 60.8 Å². The zero-order valence-corrected chi connectivity index (χ0v) is 27.8. The van der Waals surface area contributed by atoms with Gasteiger partial charge in [0.15, 0.2) is 0 Å². The van der Waals surface area contributed by atoms with Gasteiger partial charge in [0.2, 0.25) is 0 Å². The van der Waals surface area contributed by atoms with Crippen LogP contribution in [0.1, 0.15) is 0 Å². The molecule has 0 aliphatic rings. The van der Waals surface area contributed by atoms with Crippen molar-refractivity contribution in [1.29, 1.82) is 0 Å². The highest BCUT2D eigenvalue weighted by Crippen LogP contribution is 2.41. The molecule has 3 heteroatoms. The number of aromatic nitrogens is 1. The molecule has 2 heterocycles. The van der Waals surface area contributed by atoms with E-state index in [1.807, 2.05) is 12.1 Å². The van der Waals surface area contributed by atoms with Crippen LogP contribution in [-0.4, -0.2) is 4.98 Å². The van der Waals surface area contributed by atoms with Crippen molar-refractivity contribution in [2.45, 2.75) is 0 Å². The molecule has 0 spiro atoms. The Morgan fingerprint density at radius 3 is 1.59 bits per heavy atom. The number of hydrogen-bond donors (Lipinski definition) is 1. The highest BCUT2D eigenvalue weighted by molar-refractivity contribution is 6.14. The van der Waals surface area contributed by atoms with E-state index in [2.05, 4.69) is 186 Å². The number of rotatable bonds is 6. The van der Waals surface area contributed by atoms with Crippen LogP contribution in [-0.2, 0) is 0 Å². The highest BCUT2D eigenvalue weighted by Gasteiger charge is 2.17. The highest BCUT2D eigenvalue weighted by atomic mass is 16.3. The summed E-state index contributed by atoms with van der Waals surface area (Å²) in [7, 11) is 0. The van der Waals surface area contributed by atoms with E-state index < -0.39 is 0 Å². The van der Waals surface area contributed by atoms with Crippen molar-refractivity contribution in [2.24, 2.45) is 0 Å². The van der Waals surface area contributed by atoms with E-state index in [9.17, 15) is 0 Å². The first kappa shape index (κ1) is 29.1. The van der Waals surface area contributed by atoms with E-state index in [0.717, 1.165) is 55.6 Å². The fraction of sp³-hybridized carbons (Fsp3) is 0. The molecule has 0 saturated carbocycles. The van der Waals surface area contributed by atoms with Crippen molar-refractivity contribution in [1.82, 2.24) is 4.98 Å². The molecule has 10 aromatic rings. The van der Waals surface area contributed by atoms with E-state index in [0.29, 0.717) is 0 Å². The molecule has 8 aromatic carbocycles. The Hall–Kier alpha value is -6.84. The van der Waals surface area contributed by atoms with E-state index in [4.69, 9.17) is 4.42 Å². The summed E-state index contributed by atoms with van der Waals surface area (Å²) in [4.78, 5) is 6.13. The molecule has 2 aromatic heterocycles. The predicted molar refractivity (Wildman–Crippen MR) is 214 cm³/mol. The summed E-state index contributed by atoms with van der Waals surface area (Å²) < 4.78 is 6.13. The molecular weight excluding hydrogens is 621 g/mol. The second-order valence-corrected chi connectivity index (χ2v) is 13.1. The van der Waals surface area contributed by atoms with Crippen LogP contribution in [0.3, 0.4) is 0 Å². The standard InChI is InChI=1S/C48H32N2O/c1-3-10-32(11-4-1)34-18-23-37(24-19-34)50(38-25-20-35(21-26-38)33-12-5-2-6-13-33)39-27-28-45-43(31-39)42-16-9-15-40(48(42)49-45)36-22-29-47-44(30-36)41-14-7-8-17-46(41)51-47/h1-31,49H. The van der Waals surface area contributed by atoms with Gasteiger partial charge in [0, 0.05) is 49.7 Å². The minimum atomic E-state index is 0.905. The lowest BCUT2D eigenvalue weighted by molar-refractivity contribution is 0.669. The van der Waals surface area contributed by atoms with Gasteiger partial charge in [0.25, 0.3) is 0 Å². The van der Waals surface area contributed by atoms with Gasteiger partial charge in [-0.2, -0.15) is 0 Å². The molecule has 0 aliphatic heterocycles. The zero-order valence-electron chi connectivity index (χ0n) is 27.8. The number of fused-ring (bicyclic) bond motifs is 6. The normalized spacial score (nSPS) is 11.5. The Bertz CT molecular complexity index is 2750. The molecule has 0 unspecified atom stereocenters.